The van der Waals surface area contributed by atoms with E-state index in [1.807, 2.05) is 71.2 Å². The summed E-state index contributed by atoms with van der Waals surface area (Å²) in [5, 5.41) is 15.1. The lowest BCUT2D eigenvalue weighted by atomic mass is 9.98. The lowest BCUT2D eigenvalue weighted by Gasteiger charge is -2.12. The first-order chi connectivity index (χ1) is 49.1. The molecule has 0 unspecified atom stereocenters. The largest absolute Gasteiger partial charge is 0.309 e. The van der Waals surface area contributed by atoms with Gasteiger partial charge in [0.05, 0.1) is 55.5 Å². The molecule has 0 spiro atoms. The predicted molar refractivity (Wildman–Crippen MR) is 435 cm³/mol. The first-order valence-electron chi connectivity index (χ1n) is 33.3. The van der Waals surface area contributed by atoms with Crippen LogP contribution in [0.1, 0.15) is 26.0 Å². The Morgan fingerprint density at radius 3 is 1.29 bits per heavy atom. The summed E-state index contributed by atoms with van der Waals surface area (Å²) in [7, 11) is 0. The van der Waals surface area contributed by atoms with Gasteiger partial charge in [-0.25, -0.2) is 19.9 Å². The van der Waals surface area contributed by atoms with Gasteiger partial charge in [-0.1, -0.05) is 245 Å². The fourth-order valence-corrected chi connectivity index (χ4v) is 18.5. The second-order valence-electron chi connectivity index (χ2n) is 25.2. The van der Waals surface area contributed by atoms with Gasteiger partial charge in [0.1, 0.15) is 0 Å². The first-order valence-corrected chi connectivity index (χ1v) is 35.7. The number of para-hydroxylation sites is 6. The minimum Gasteiger partial charge on any atom is -0.309 e. The zero-order valence-corrected chi connectivity index (χ0v) is 56.3. The SMILES string of the molecule is Brc1nc(-c2ccccc2)c2ccccc2n1.C.C.c1ccc(-c2nc(-n3c4ccc5c6ccccc6sc5c4c4c5c6ccccc6n(-c6ccccc6)c5ccc43)nc3ccccc23)cc1.c1ccc(-n2c3ccccc3c3c4c(ccc32)Cc2ccc3c(sc5ccccc53)c2-4)cc1. The molecule has 7 heterocycles. The summed E-state index contributed by atoms with van der Waals surface area (Å²) in [6, 6.07) is 112. The Morgan fingerprint density at radius 1 is 0.277 bits per heavy atom. The van der Waals surface area contributed by atoms with Crippen LogP contribution in [0.5, 0.6) is 0 Å². The van der Waals surface area contributed by atoms with Crippen molar-refractivity contribution in [2.75, 3.05) is 0 Å². The fraction of sp³-hybridized carbons (Fsp3) is 0.0330. The Kier molecular flexibility index (Phi) is 15.1. The van der Waals surface area contributed by atoms with E-state index in [-0.39, 0.29) is 14.9 Å². The summed E-state index contributed by atoms with van der Waals surface area (Å²) in [5.74, 6) is 0.671. The Bertz CT molecular complexity index is 6830. The maximum atomic E-state index is 5.38. The summed E-state index contributed by atoms with van der Waals surface area (Å²) >= 11 is 7.17. The molecule has 0 bridgehead atoms. The summed E-state index contributed by atoms with van der Waals surface area (Å²) in [6.07, 6.45) is 1.01. The number of nitrogens with zero attached hydrogens (tertiary/aromatic N) is 7. The molecular weight excluding hydrogens is 1340 g/mol. The van der Waals surface area contributed by atoms with Crippen molar-refractivity contribution in [1.29, 1.82) is 0 Å². The molecule has 0 amide bonds. The number of hydrogen-bond donors (Lipinski definition) is 0. The van der Waals surface area contributed by atoms with Crippen molar-refractivity contribution in [2.24, 2.45) is 0 Å². The Labute approximate surface area is 598 Å². The summed E-state index contributed by atoms with van der Waals surface area (Å²) in [5.41, 5.74) is 21.2. The third-order valence-corrected chi connectivity index (χ3v) is 22.5. The minimum absolute atomic E-state index is 0. The lowest BCUT2D eigenvalue weighted by molar-refractivity contribution is 1.01. The Hall–Kier alpha value is -11.9. The van der Waals surface area contributed by atoms with E-state index in [1.165, 1.54) is 123 Å². The first kappa shape index (κ1) is 61.4. The van der Waals surface area contributed by atoms with Crippen molar-refractivity contribution in [3.63, 3.8) is 0 Å². The van der Waals surface area contributed by atoms with Gasteiger partial charge in [0.25, 0.3) is 0 Å². The van der Waals surface area contributed by atoms with Crippen LogP contribution in [0.3, 0.4) is 0 Å². The molecule has 0 fully saturated rings. The average Bonchev–Trinajstić information content (AvgIpc) is 1.54. The van der Waals surface area contributed by atoms with Gasteiger partial charge in [-0.2, -0.15) is 0 Å². The normalized spacial score (nSPS) is 11.8. The van der Waals surface area contributed by atoms with E-state index in [0.29, 0.717) is 10.7 Å². The molecular formula is C91H62BrN7S2. The second-order valence-corrected chi connectivity index (χ2v) is 28.0. The lowest BCUT2D eigenvalue weighted by Crippen LogP contribution is -2.03. The topological polar surface area (TPSA) is 66.3 Å². The highest BCUT2D eigenvalue weighted by molar-refractivity contribution is 9.10. The van der Waals surface area contributed by atoms with E-state index >= 15 is 0 Å². The van der Waals surface area contributed by atoms with Gasteiger partial charge in [-0.05, 0) is 124 Å². The maximum absolute atomic E-state index is 5.38. The highest BCUT2D eigenvalue weighted by atomic mass is 79.9. The molecule has 7 nitrogen and oxygen atoms in total. The Balaban J connectivity index is 0.000000121. The third-order valence-electron chi connectivity index (χ3n) is 19.8. The van der Waals surface area contributed by atoms with Gasteiger partial charge in [0.15, 0.2) is 4.73 Å². The molecule has 1 aliphatic rings. The number of rotatable bonds is 5. The van der Waals surface area contributed by atoms with Crippen molar-refractivity contribution in [1.82, 2.24) is 33.6 Å². The van der Waals surface area contributed by atoms with Gasteiger partial charge in [-0.15, -0.1) is 22.7 Å². The van der Waals surface area contributed by atoms with Crippen LogP contribution < -0.4 is 0 Å². The van der Waals surface area contributed by atoms with Crippen molar-refractivity contribution in [3.05, 3.63) is 331 Å². The standard InChI is InChI=1S/C44H26N4S.C31H19NS.C14H9BrN2.2CH4/c1-3-13-27(14-4-1)42-31-18-7-10-20-33(31)45-44(46-42)48-36-26-25-35-39(32-19-8-11-21-34(32)47(35)28-15-5-2-6-16-28)40(36)41-37(48)24-23-30-29-17-9-12-22-38(29)49-43(30)41;1-2-8-21(9-3-1)32-25-12-6-4-11-24(25)30-26(32)17-15-19-18-20-14-16-23-22-10-5-7-13-27(22)33-31(23)29(20)28(19)30;15-14-16-12-9-5-4-8-11(12)13(17-14)10-6-2-1-3-7-10;;/h1-26H;1-17H,18H2;1-9H;2*1H4. The molecule has 21 aromatic rings. The predicted octanol–water partition coefficient (Wildman–Crippen LogP) is 25.9. The number of thiophene rings is 2. The zero-order valence-electron chi connectivity index (χ0n) is 53.1. The summed E-state index contributed by atoms with van der Waals surface area (Å²) in [6.45, 7) is 0. The van der Waals surface area contributed by atoms with E-state index in [1.54, 1.807) is 0 Å². The highest BCUT2D eigenvalue weighted by Gasteiger charge is 2.29. The number of fused-ring (bicyclic) bond motifs is 24. The number of hydrogen-bond acceptors (Lipinski definition) is 6. The molecule has 480 valence electrons. The van der Waals surface area contributed by atoms with Crippen LogP contribution in [0.15, 0.2) is 320 Å². The molecule has 1 aliphatic carbocycles. The minimum atomic E-state index is 0. The molecule has 0 N–H and O–H groups in total. The molecule has 0 radical (unpaired) electrons. The van der Waals surface area contributed by atoms with Crippen LogP contribution in [-0.2, 0) is 6.42 Å². The molecule has 7 aromatic heterocycles. The van der Waals surface area contributed by atoms with Crippen LogP contribution in [0.25, 0.3) is 179 Å². The van der Waals surface area contributed by atoms with Crippen molar-refractivity contribution in [2.45, 2.75) is 21.3 Å². The fourth-order valence-electron chi connectivity index (χ4n) is 15.6. The van der Waals surface area contributed by atoms with Gasteiger partial charge in [0.2, 0.25) is 5.95 Å². The molecule has 0 saturated carbocycles. The average molecular weight is 1400 g/mol. The molecule has 101 heavy (non-hydrogen) atoms. The quantitative estimate of drug-likeness (QED) is 0.161. The highest BCUT2D eigenvalue weighted by Crippen LogP contribution is 2.52. The molecule has 0 saturated heterocycles. The summed E-state index contributed by atoms with van der Waals surface area (Å²) < 4.78 is 13.1. The molecule has 22 rings (SSSR count). The molecule has 14 aromatic carbocycles. The van der Waals surface area contributed by atoms with E-state index < -0.39 is 0 Å². The van der Waals surface area contributed by atoms with E-state index in [0.717, 1.165) is 67.5 Å². The van der Waals surface area contributed by atoms with E-state index in [2.05, 4.69) is 307 Å². The third kappa shape index (κ3) is 9.80. The van der Waals surface area contributed by atoms with Gasteiger partial charge >= 0.3 is 0 Å². The second kappa shape index (κ2) is 24.8. The maximum Gasteiger partial charge on any atom is 0.235 e. The van der Waals surface area contributed by atoms with Crippen LogP contribution in [-0.4, -0.2) is 33.6 Å². The van der Waals surface area contributed by atoms with Crippen molar-refractivity contribution >= 4 is 166 Å². The van der Waals surface area contributed by atoms with Gasteiger partial charge in [-0.3, -0.25) is 4.57 Å². The monoisotopic (exact) mass is 1400 g/mol. The van der Waals surface area contributed by atoms with E-state index in [9.17, 15) is 0 Å². The summed E-state index contributed by atoms with van der Waals surface area (Å²) in [4.78, 5) is 19.5. The van der Waals surface area contributed by atoms with E-state index in [4.69, 9.17) is 9.97 Å². The van der Waals surface area contributed by atoms with Crippen molar-refractivity contribution in [3.8, 4) is 51.0 Å². The van der Waals surface area contributed by atoms with Gasteiger partial charge in [0, 0.05) is 111 Å². The van der Waals surface area contributed by atoms with Crippen molar-refractivity contribution < 1.29 is 0 Å². The van der Waals surface area contributed by atoms with Crippen LogP contribution in [0, 0.1) is 0 Å². The number of halogens is 1. The number of aromatic nitrogens is 7. The van der Waals surface area contributed by atoms with Crippen LogP contribution >= 0.6 is 38.6 Å². The van der Waals surface area contributed by atoms with Gasteiger partial charge < -0.3 is 9.13 Å². The Morgan fingerprint density at radius 2 is 0.683 bits per heavy atom. The zero-order chi connectivity index (χ0) is 65.2. The molecule has 0 aliphatic heterocycles. The van der Waals surface area contributed by atoms with Crippen LogP contribution in [0.2, 0.25) is 0 Å². The van der Waals surface area contributed by atoms with Crippen LogP contribution in [0.4, 0.5) is 0 Å². The number of benzene rings is 14. The smallest absolute Gasteiger partial charge is 0.235 e. The molecule has 0 atom stereocenters. The molecule has 10 heteroatoms.